The quantitative estimate of drug-likeness (QED) is 0.709. The van der Waals surface area contributed by atoms with Gasteiger partial charge in [0.15, 0.2) is 5.82 Å². The number of hydrogen-bond acceptors (Lipinski definition) is 3. The molecular formula is C12H10N4O3. The van der Waals surface area contributed by atoms with Gasteiger partial charge in [0.2, 0.25) is 0 Å². The number of aromatic amines is 1. The van der Waals surface area contributed by atoms with Crippen LogP contribution in [-0.2, 0) is 7.05 Å². The van der Waals surface area contributed by atoms with Crippen LogP contribution in [0.5, 0.6) is 0 Å². The van der Waals surface area contributed by atoms with Gasteiger partial charge >= 0.3 is 11.7 Å². The molecule has 2 N–H and O–H groups in total. The van der Waals surface area contributed by atoms with Crippen molar-refractivity contribution in [3.63, 3.8) is 0 Å². The number of rotatable bonds is 2. The molecule has 0 aliphatic rings. The second-order valence-corrected chi connectivity index (χ2v) is 4.15. The van der Waals surface area contributed by atoms with Crippen LogP contribution < -0.4 is 5.69 Å². The minimum Gasteiger partial charge on any atom is -0.478 e. The zero-order chi connectivity index (χ0) is 13.6. The molecule has 0 fully saturated rings. The fourth-order valence-electron chi connectivity index (χ4n) is 1.99. The van der Waals surface area contributed by atoms with Crippen molar-refractivity contribution in [1.29, 1.82) is 0 Å². The summed E-state index contributed by atoms with van der Waals surface area (Å²) < 4.78 is 2.99. The summed E-state index contributed by atoms with van der Waals surface area (Å²) >= 11 is 0. The maximum atomic E-state index is 11.9. The predicted octanol–water partition coefficient (Wildman–Crippen LogP) is 0.750. The third-order valence-corrected chi connectivity index (χ3v) is 2.86. The van der Waals surface area contributed by atoms with Crippen molar-refractivity contribution >= 4 is 17.0 Å². The van der Waals surface area contributed by atoms with Gasteiger partial charge in [0.1, 0.15) is 0 Å². The molecule has 0 saturated carbocycles. The van der Waals surface area contributed by atoms with Crippen molar-refractivity contribution < 1.29 is 9.90 Å². The molecule has 0 bridgehead atoms. The molecule has 0 radical (unpaired) electrons. The number of H-pyrrole nitrogens is 1. The van der Waals surface area contributed by atoms with Gasteiger partial charge in [-0.1, -0.05) is 0 Å². The summed E-state index contributed by atoms with van der Waals surface area (Å²) in [5.74, 6) is -0.546. The van der Waals surface area contributed by atoms with Crippen LogP contribution in [0, 0.1) is 0 Å². The van der Waals surface area contributed by atoms with Gasteiger partial charge in [0.25, 0.3) is 0 Å². The number of benzene rings is 1. The number of hydrogen-bond donors (Lipinski definition) is 2. The lowest BCUT2D eigenvalue weighted by atomic mass is 10.2. The molecule has 3 rings (SSSR count). The van der Waals surface area contributed by atoms with Crippen molar-refractivity contribution in [2.75, 3.05) is 0 Å². The lowest BCUT2D eigenvalue weighted by molar-refractivity contribution is 0.0697. The Balaban J connectivity index is 2.29. The van der Waals surface area contributed by atoms with E-state index in [0.717, 1.165) is 0 Å². The Hall–Kier alpha value is -2.83. The Morgan fingerprint density at radius 2 is 2.16 bits per heavy atom. The highest BCUT2D eigenvalue weighted by Gasteiger charge is 2.12. The molecule has 0 spiro atoms. The third-order valence-electron chi connectivity index (χ3n) is 2.86. The van der Waals surface area contributed by atoms with Crippen LogP contribution >= 0.6 is 0 Å². The number of carboxylic acids is 1. The van der Waals surface area contributed by atoms with Gasteiger partial charge in [-0.15, -0.1) is 0 Å². The van der Waals surface area contributed by atoms with E-state index in [1.807, 2.05) is 0 Å². The third kappa shape index (κ3) is 1.71. The Bertz CT molecular complexity index is 840. The summed E-state index contributed by atoms with van der Waals surface area (Å²) in [5.41, 5.74) is 0.836. The van der Waals surface area contributed by atoms with Gasteiger partial charge in [-0.05, 0) is 18.2 Å². The zero-order valence-electron chi connectivity index (χ0n) is 9.99. The first-order valence-corrected chi connectivity index (χ1v) is 5.54. The van der Waals surface area contributed by atoms with Crippen LogP contribution in [0.3, 0.4) is 0 Å². The molecule has 0 saturated heterocycles. The molecule has 7 nitrogen and oxygen atoms in total. The Morgan fingerprint density at radius 1 is 1.37 bits per heavy atom. The maximum Gasteiger partial charge on any atom is 0.335 e. The number of carbonyl (C=O) groups is 1. The molecule has 96 valence electrons. The van der Waals surface area contributed by atoms with Gasteiger partial charge in [0.05, 0.1) is 16.6 Å². The molecule has 3 aromatic rings. The first-order chi connectivity index (χ1) is 9.06. The van der Waals surface area contributed by atoms with Gasteiger partial charge in [-0.2, -0.15) is 5.10 Å². The number of aryl methyl sites for hydroxylation is 1. The average Bonchev–Trinajstić information content (AvgIpc) is 2.90. The zero-order valence-corrected chi connectivity index (χ0v) is 9.99. The van der Waals surface area contributed by atoms with Crippen LogP contribution in [-0.4, -0.2) is 30.4 Å². The van der Waals surface area contributed by atoms with E-state index in [1.54, 1.807) is 30.1 Å². The van der Waals surface area contributed by atoms with E-state index in [-0.39, 0.29) is 11.3 Å². The van der Waals surface area contributed by atoms with Gasteiger partial charge in [-0.25, -0.2) is 14.2 Å². The highest BCUT2D eigenvalue weighted by molar-refractivity contribution is 5.92. The molecule has 2 aromatic heterocycles. The summed E-state index contributed by atoms with van der Waals surface area (Å²) in [5, 5.41) is 13.1. The summed E-state index contributed by atoms with van der Waals surface area (Å²) in [6, 6.07) is 6.18. The summed E-state index contributed by atoms with van der Waals surface area (Å²) in [6.07, 6.45) is 1.73. The number of nitrogens with one attached hydrogen (secondary N) is 1. The van der Waals surface area contributed by atoms with Crippen LogP contribution in [0.15, 0.2) is 35.3 Å². The molecule has 1 aromatic carbocycles. The topological polar surface area (TPSA) is 92.9 Å². The summed E-state index contributed by atoms with van der Waals surface area (Å²) in [4.78, 5) is 25.5. The van der Waals surface area contributed by atoms with Crippen molar-refractivity contribution in [2.24, 2.45) is 7.05 Å². The highest BCUT2D eigenvalue weighted by atomic mass is 16.4. The summed E-state index contributed by atoms with van der Waals surface area (Å²) in [7, 11) is 1.76. The lowest BCUT2D eigenvalue weighted by Gasteiger charge is -1.99. The molecular weight excluding hydrogens is 248 g/mol. The van der Waals surface area contributed by atoms with Crippen molar-refractivity contribution in [2.45, 2.75) is 0 Å². The van der Waals surface area contributed by atoms with Crippen molar-refractivity contribution in [1.82, 2.24) is 19.3 Å². The van der Waals surface area contributed by atoms with Crippen molar-refractivity contribution in [3.05, 3.63) is 46.5 Å². The molecule has 7 heteroatoms. The second-order valence-electron chi connectivity index (χ2n) is 4.15. The molecule has 2 heterocycles. The standard InChI is InChI=1S/C12H10N4O3/c1-15-5-4-10(14-15)16-9-3-2-7(11(17)18)6-8(9)13-12(16)19/h2-6H,1H3,(H,13,19)(H,17,18). The molecule has 19 heavy (non-hydrogen) atoms. The predicted molar refractivity (Wildman–Crippen MR) is 67.6 cm³/mol. The van der Waals surface area contributed by atoms with Crippen LogP contribution in [0.25, 0.3) is 16.9 Å². The number of aromatic nitrogens is 4. The van der Waals surface area contributed by atoms with E-state index in [1.165, 1.54) is 16.7 Å². The Kier molecular flexibility index (Phi) is 2.28. The van der Waals surface area contributed by atoms with E-state index < -0.39 is 5.97 Å². The monoisotopic (exact) mass is 258 g/mol. The molecule has 0 aliphatic heterocycles. The minimum absolute atomic E-state index is 0.127. The molecule has 0 atom stereocenters. The largest absolute Gasteiger partial charge is 0.478 e. The van der Waals surface area contributed by atoms with E-state index in [2.05, 4.69) is 10.1 Å². The molecule has 0 unspecified atom stereocenters. The fraction of sp³-hybridized carbons (Fsp3) is 0.0833. The first-order valence-electron chi connectivity index (χ1n) is 5.54. The van der Waals surface area contributed by atoms with Crippen molar-refractivity contribution in [3.8, 4) is 5.82 Å². The van der Waals surface area contributed by atoms with Crippen LogP contribution in [0.4, 0.5) is 0 Å². The van der Waals surface area contributed by atoms with E-state index in [0.29, 0.717) is 16.9 Å². The van der Waals surface area contributed by atoms with E-state index in [9.17, 15) is 9.59 Å². The summed E-state index contributed by atoms with van der Waals surface area (Å²) in [6.45, 7) is 0. The van der Waals surface area contributed by atoms with Crippen LogP contribution in [0.1, 0.15) is 10.4 Å². The van der Waals surface area contributed by atoms with Gasteiger partial charge in [0, 0.05) is 19.3 Å². The Morgan fingerprint density at radius 3 is 2.79 bits per heavy atom. The van der Waals surface area contributed by atoms with E-state index in [4.69, 9.17) is 5.11 Å². The SMILES string of the molecule is Cn1ccc(-n2c(=O)[nH]c3cc(C(=O)O)ccc32)n1. The number of imidazole rings is 1. The van der Waals surface area contributed by atoms with Gasteiger partial charge in [-0.3, -0.25) is 4.68 Å². The second kappa shape index (κ2) is 3.84. The number of carboxylic acid groups (broad SMARTS) is 1. The lowest BCUT2D eigenvalue weighted by Crippen LogP contribution is -2.15. The smallest absolute Gasteiger partial charge is 0.335 e. The van der Waals surface area contributed by atoms with Gasteiger partial charge < -0.3 is 10.1 Å². The normalized spacial score (nSPS) is 11.0. The number of aromatic carboxylic acids is 1. The first kappa shape index (κ1) is 11.3. The minimum atomic E-state index is -1.03. The number of fused-ring (bicyclic) bond motifs is 1. The average molecular weight is 258 g/mol. The molecule has 0 amide bonds. The molecule has 0 aliphatic carbocycles. The fourth-order valence-corrected chi connectivity index (χ4v) is 1.99. The van der Waals surface area contributed by atoms with Crippen LogP contribution in [0.2, 0.25) is 0 Å². The van der Waals surface area contributed by atoms with E-state index >= 15 is 0 Å². The maximum absolute atomic E-state index is 11.9. The number of nitrogens with zero attached hydrogens (tertiary/aromatic N) is 3. The Labute approximate surface area is 106 Å². The highest BCUT2D eigenvalue weighted by Crippen LogP contribution is 2.15.